The molecule has 8 heavy (non-hydrogen) atoms. The maximum atomic E-state index is 9.92. The number of rotatable bonds is 1. The lowest BCUT2D eigenvalue weighted by molar-refractivity contribution is -0.131. The molecule has 0 unspecified atom stereocenters. The van der Waals surface area contributed by atoms with Crippen molar-refractivity contribution >= 4 is 49.4 Å². The Hall–Kier alpha value is 0.460. The highest BCUT2D eigenvalue weighted by Crippen LogP contribution is 2.20. The molecule has 0 aromatic rings. The van der Waals surface area contributed by atoms with Gasteiger partial charge in [0.15, 0.2) is 0 Å². The lowest BCUT2D eigenvalue weighted by Gasteiger charge is -1.86. The highest BCUT2D eigenvalue weighted by Gasteiger charge is 2.04. The molecule has 0 atom stereocenters. The molecule has 0 amide bonds. The third-order valence-corrected chi connectivity index (χ3v) is 2.44. The summed E-state index contributed by atoms with van der Waals surface area (Å²) in [6, 6.07) is 0. The van der Waals surface area contributed by atoms with Gasteiger partial charge in [0.1, 0.15) is 8.42 Å². The second-order valence-electron chi connectivity index (χ2n) is 0.880. The summed E-state index contributed by atoms with van der Waals surface area (Å²) in [4.78, 5) is 9.92. The van der Waals surface area contributed by atoms with E-state index in [0.717, 1.165) is 0 Å². The molecular weight excluding hydrogens is 263 g/mol. The van der Waals surface area contributed by atoms with Crippen LogP contribution in [0.5, 0.6) is 0 Å². The fourth-order valence-electron chi connectivity index (χ4n) is 0.0808. The Kier molecular flexibility index (Phi) is 3.68. The summed E-state index contributed by atoms with van der Waals surface area (Å²) < 4.78 is -0.0100. The first-order chi connectivity index (χ1) is 3.55. The standard InChI is InChI=1S/C3HBr2ClO2/c4-1(2(5)6)3(7)8/h(H,7,8)/b2-1-. The molecule has 0 aromatic carbocycles. The van der Waals surface area contributed by atoms with Gasteiger partial charge >= 0.3 is 5.97 Å². The van der Waals surface area contributed by atoms with Gasteiger partial charge in [-0.15, -0.1) is 0 Å². The Morgan fingerprint density at radius 2 is 1.88 bits per heavy atom. The first-order valence-corrected chi connectivity index (χ1v) is 3.46. The molecule has 0 fully saturated rings. The second kappa shape index (κ2) is 3.48. The molecule has 1 N–H and O–H groups in total. The van der Waals surface area contributed by atoms with E-state index < -0.39 is 5.97 Å². The molecule has 0 rings (SSSR count). The van der Waals surface area contributed by atoms with Crippen LogP contribution in [0.15, 0.2) is 8.42 Å². The van der Waals surface area contributed by atoms with Crippen LogP contribution in [0.1, 0.15) is 0 Å². The van der Waals surface area contributed by atoms with E-state index in [-0.39, 0.29) is 8.42 Å². The quantitative estimate of drug-likeness (QED) is 0.738. The molecule has 0 heterocycles. The van der Waals surface area contributed by atoms with E-state index in [9.17, 15) is 4.79 Å². The molecule has 0 aliphatic heterocycles. The van der Waals surface area contributed by atoms with Crippen molar-refractivity contribution in [1.29, 1.82) is 0 Å². The molecule has 0 saturated heterocycles. The van der Waals surface area contributed by atoms with Crippen LogP contribution in [-0.2, 0) is 4.79 Å². The van der Waals surface area contributed by atoms with Gasteiger partial charge in [0.2, 0.25) is 0 Å². The minimum absolute atomic E-state index is 0.0602. The smallest absolute Gasteiger partial charge is 0.344 e. The maximum Gasteiger partial charge on any atom is 0.344 e. The van der Waals surface area contributed by atoms with Crippen molar-refractivity contribution in [3.05, 3.63) is 8.42 Å². The number of hydrogen-bond donors (Lipinski definition) is 1. The van der Waals surface area contributed by atoms with Crippen molar-refractivity contribution in [3.8, 4) is 0 Å². The van der Waals surface area contributed by atoms with Crippen LogP contribution < -0.4 is 0 Å². The van der Waals surface area contributed by atoms with Gasteiger partial charge in [-0.25, -0.2) is 4.79 Å². The zero-order valence-electron chi connectivity index (χ0n) is 3.49. The van der Waals surface area contributed by atoms with Gasteiger partial charge in [0, 0.05) is 0 Å². The Morgan fingerprint density at radius 3 is 1.88 bits per heavy atom. The van der Waals surface area contributed by atoms with Gasteiger partial charge in [0.25, 0.3) is 0 Å². The molecular formula is C3HBr2ClO2. The number of halogens is 3. The average molecular weight is 264 g/mol. The van der Waals surface area contributed by atoms with Crippen molar-refractivity contribution < 1.29 is 9.90 Å². The number of carboxylic acid groups (broad SMARTS) is 1. The summed E-state index contributed by atoms with van der Waals surface area (Å²) in [5.41, 5.74) is 0. The Bertz CT molecular complexity index is 138. The molecule has 0 bridgehead atoms. The molecule has 0 spiro atoms. The lowest BCUT2D eigenvalue weighted by Crippen LogP contribution is -1.92. The summed E-state index contributed by atoms with van der Waals surface area (Å²) in [5, 5.41) is 8.13. The van der Waals surface area contributed by atoms with Crippen LogP contribution in [-0.4, -0.2) is 11.1 Å². The van der Waals surface area contributed by atoms with Gasteiger partial charge in [-0.05, 0) is 31.9 Å². The van der Waals surface area contributed by atoms with Crippen molar-refractivity contribution in [1.82, 2.24) is 0 Å². The molecule has 0 aromatic heterocycles. The molecule has 0 aliphatic rings. The minimum atomic E-state index is -1.09. The van der Waals surface area contributed by atoms with E-state index in [1.54, 1.807) is 0 Å². The van der Waals surface area contributed by atoms with Gasteiger partial charge < -0.3 is 5.11 Å². The summed E-state index contributed by atoms with van der Waals surface area (Å²) in [7, 11) is 0. The highest BCUT2D eigenvalue weighted by atomic mass is 79.9. The number of aliphatic carboxylic acids is 1. The largest absolute Gasteiger partial charge is 0.477 e. The normalized spacial score (nSPS) is 12.9. The number of carboxylic acids is 1. The van der Waals surface area contributed by atoms with Crippen LogP contribution in [0.4, 0.5) is 0 Å². The van der Waals surface area contributed by atoms with Crippen LogP contribution in [0.25, 0.3) is 0 Å². The van der Waals surface area contributed by atoms with E-state index in [1.807, 2.05) is 0 Å². The Balaban J connectivity index is 4.23. The number of carbonyl (C=O) groups is 1. The molecule has 2 nitrogen and oxygen atoms in total. The first kappa shape index (κ1) is 8.46. The van der Waals surface area contributed by atoms with Gasteiger partial charge in [-0.1, -0.05) is 11.6 Å². The maximum absolute atomic E-state index is 9.92. The second-order valence-corrected chi connectivity index (χ2v) is 3.30. The number of hydrogen-bond acceptors (Lipinski definition) is 1. The fourth-order valence-corrected chi connectivity index (χ4v) is 0.331. The van der Waals surface area contributed by atoms with E-state index in [0.29, 0.717) is 0 Å². The third kappa shape index (κ3) is 2.69. The van der Waals surface area contributed by atoms with Crippen LogP contribution >= 0.6 is 43.5 Å². The first-order valence-electron chi connectivity index (χ1n) is 1.49. The van der Waals surface area contributed by atoms with Crippen LogP contribution in [0.3, 0.4) is 0 Å². The van der Waals surface area contributed by atoms with Crippen molar-refractivity contribution in [2.75, 3.05) is 0 Å². The zero-order valence-corrected chi connectivity index (χ0v) is 7.42. The zero-order chi connectivity index (χ0) is 6.73. The molecule has 0 aliphatic carbocycles. The monoisotopic (exact) mass is 262 g/mol. The van der Waals surface area contributed by atoms with Gasteiger partial charge in [-0.3, -0.25) is 0 Å². The van der Waals surface area contributed by atoms with E-state index >= 15 is 0 Å². The Morgan fingerprint density at radius 1 is 1.50 bits per heavy atom. The predicted octanol–water partition coefficient (Wildman–Crippen LogP) is 2.27. The van der Waals surface area contributed by atoms with Crippen molar-refractivity contribution in [2.24, 2.45) is 0 Å². The lowest BCUT2D eigenvalue weighted by atomic mass is 10.7. The van der Waals surface area contributed by atoms with E-state index in [2.05, 4.69) is 31.9 Å². The summed E-state index contributed by atoms with van der Waals surface area (Å²) in [6.45, 7) is 0. The Labute approximate surface area is 67.8 Å². The summed E-state index contributed by atoms with van der Waals surface area (Å²) in [6.07, 6.45) is 0. The van der Waals surface area contributed by atoms with Crippen LogP contribution in [0, 0.1) is 0 Å². The van der Waals surface area contributed by atoms with E-state index in [1.165, 1.54) is 0 Å². The average Bonchev–Trinajstić information content (AvgIpc) is 1.64. The summed E-state index contributed by atoms with van der Waals surface area (Å²) in [5.74, 6) is -1.09. The predicted molar refractivity (Wildman–Crippen MR) is 38.4 cm³/mol. The van der Waals surface area contributed by atoms with E-state index in [4.69, 9.17) is 16.7 Å². The van der Waals surface area contributed by atoms with Crippen molar-refractivity contribution in [3.63, 3.8) is 0 Å². The van der Waals surface area contributed by atoms with Gasteiger partial charge in [0.05, 0.1) is 0 Å². The van der Waals surface area contributed by atoms with Crippen molar-refractivity contribution in [2.45, 2.75) is 0 Å². The molecule has 5 heteroatoms. The molecule has 0 saturated carbocycles. The molecule has 0 radical (unpaired) electrons. The molecule has 46 valence electrons. The highest BCUT2D eigenvalue weighted by molar-refractivity contribution is 9.14. The topological polar surface area (TPSA) is 37.3 Å². The summed E-state index contributed by atoms with van der Waals surface area (Å²) >= 11 is 10.7. The SMILES string of the molecule is O=C(O)/C(Br)=C(/Cl)Br. The fraction of sp³-hybridized carbons (Fsp3) is 0. The minimum Gasteiger partial charge on any atom is -0.477 e. The third-order valence-electron chi connectivity index (χ3n) is 0.354. The van der Waals surface area contributed by atoms with Gasteiger partial charge in [-0.2, -0.15) is 0 Å². The van der Waals surface area contributed by atoms with Crippen LogP contribution in [0.2, 0.25) is 0 Å².